The fraction of sp³-hybridized carbons (Fsp3) is 0.222. The number of nitrogens with zero attached hydrogens (tertiary/aromatic N) is 3. The smallest absolute Gasteiger partial charge is 0.328 e. The molecule has 5 nitrogen and oxygen atoms in total. The fourth-order valence-corrected chi connectivity index (χ4v) is 2.36. The van der Waals surface area contributed by atoms with Gasteiger partial charge in [0.25, 0.3) is 0 Å². The first-order chi connectivity index (χ1) is 11.7. The predicted octanol–water partition coefficient (Wildman–Crippen LogP) is 4.43. The second kappa shape index (κ2) is 7.12. The monoisotopic (exact) mass is 327 g/mol. The van der Waals surface area contributed by atoms with E-state index < -0.39 is 0 Å². The number of aromatic nitrogens is 2. The Hall–Kier alpha value is -2.89. The number of methoxy groups -OCH3 is 1. The van der Waals surface area contributed by atoms with Crippen molar-refractivity contribution >= 4 is 11.7 Å². The minimum Gasteiger partial charge on any atom is -0.497 e. The van der Waals surface area contributed by atoms with Crippen molar-refractivity contribution in [1.82, 2.24) is 10.1 Å². The van der Waals surface area contributed by atoms with Crippen molar-refractivity contribution in [3.63, 3.8) is 0 Å². The van der Waals surface area contributed by atoms with Crippen LogP contribution < -0.4 is 9.64 Å². The molecule has 0 saturated heterocycles. The molecule has 0 N–H and O–H groups in total. The quantitative estimate of drug-likeness (QED) is 0.670. The van der Waals surface area contributed by atoms with Crippen LogP contribution in [0.2, 0.25) is 0 Å². The second-order valence-corrected chi connectivity index (χ2v) is 5.26. The topological polar surface area (TPSA) is 51.4 Å². The SMILES string of the molecule is CCCN(c1ccc(F)cc1)c1nc(-c2ccc(OC)cc2)no1. The van der Waals surface area contributed by atoms with Crippen LogP contribution in [-0.4, -0.2) is 23.8 Å². The third kappa shape index (κ3) is 3.37. The van der Waals surface area contributed by atoms with Crippen molar-refractivity contribution in [2.24, 2.45) is 0 Å². The zero-order valence-electron chi connectivity index (χ0n) is 13.6. The molecule has 0 fully saturated rings. The van der Waals surface area contributed by atoms with Crippen molar-refractivity contribution in [2.45, 2.75) is 13.3 Å². The zero-order chi connectivity index (χ0) is 16.9. The van der Waals surface area contributed by atoms with Crippen molar-refractivity contribution < 1.29 is 13.7 Å². The summed E-state index contributed by atoms with van der Waals surface area (Å²) in [6.07, 6.45) is 0.887. The van der Waals surface area contributed by atoms with Crippen LogP contribution in [0.1, 0.15) is 13.3 Å². The predicted molar refractivity (Wildman–Crippen MR) is 90.0 cm³/mol. The van der Waals surface area contributed by atoms with E-state index in [2.05, 4.69) is 17.1 Å². The minimum atomic E-state index is -0.278. The summed E-state index contributed by atoms with van der Waals surface area (Å²) in [5.41, 5.74) is 1.64. The molecule has 0 atom stereocenters. The molecule has 0 spiro atoms. The van der Waals surface area contributed by atoms with Crippen LogP contribution in [0.4, 0.5) is 16.1 Å². The van der Waals surface area contributed by atoms with Crippen LogP contribution in [-0.2, 0) is 0 Å². The van der Waals surface area contributed by atoms with Crippen molar-refractivity contribution in [3.8, 4) is 17.1 Å². The fourth-order valence-electron chi connectivity index (χ4n) is 2.36. The first kappa shape index (κ1) is 16.0. The lowest BCUT2D eigenvalue weighted by atomic mass is 10.2. The lowest BCUT2D eigenvalue weighted by molar-refractivity contribution is 0.414. The zero-order valence-corrected chi connectivity index (χ0v) is 13.6. The molecule has 6 heteroatoms. The Kier molecular flexibility index (Phi) is 4.74. The highest BCUT2D eigenvalue weighted by molar-refractivity contribution is 5.60. The Balaban J connectivity index is 1.89. The highest BCUT2D eigenvalue weighted by Crippen LogP contribution is 2.27. The minimum absolute atomic E-state index is 0.278. The lowest BCUT2D eigenvalue weighted by Gasteiger charge is -2.18. The number of halogens is 1. The number of hydrogen-bond donors (Lipinski definition) is 0. The molecular formula is C18H18FN3O2. The van der Waals surface area contributed by atoms with E-state index in [-0.39, 0.29) is 5.82 Å². The summed E-state index contributed by atoms with van der Waals surface area (Å²) in [6, 6.07) is 14.0. The molecule has 0 aliphatic carbocycles. The van der Waals surface area contributed by atoms with E-state index >= 15 is 0 Å². The number of benzene rings is 2. The Morgan fingerprint density at radius 3 is 2.42 bits per heavy atom. The highest BCUT2D eigenvalue weighted by Gasteiger charge is 2.17. The normalized spacial score (nSPS) is 10.6. The van der Waals surface area contributed by atoms with Crippen molar-refractivity contribution in [3.05, 3.63) is 54.3 Å². The van der Waals surface area contributed by atoms with Gasteiger partial charge in [0, 0.05) is 17.8 Å². The molecule has 0 unspecified atom stereocenters. The molecule has 2 aromatic carbocycles. The van der Waals surface area contributed by atoms with Crippen LogP contribution in [0, 0.1) is 5.82 Å². The van der Waals surface area contributed by atoms with Crippen LogP contribution in [0.5, 0.6) is 5.75 Å². The summed E-state index contributed by atoms with van der Waals surface area (Å²) in [4.78, 5) is 6.34. The molecule has 24 heavy (non-hydrogen) atoms. The van der Waals surface area contributed by atoms with Gasteiger partial charge in [0.05, 0.1) is 7.11 Å². The first-order valence-corrected chi connectivity index (χ1v) is 7.72. The number of anilines is 2. The van der Waals surface area contributed by atoms with Gasteiger partial charge in [0.15, 0.2) is 0 Å². The molecule has 0 radical (unpaired) electrons. The largest absolute Gasteiger partial charge is 0.497 e. The first-order valence-electron chi connectivity index (χ1n) is 7.72. The van der Waals surface area contributed by atoms with Gasteiger partial charge in [0.1, 0.15) is 11.6 Å². The molecule has 1 aromatic heterocycles. The number of ether oxygens (including phenoxy) is 1. The van der Waals surface area contributed by atoms with Crippen LogP contribution in [0.25, 0.3) is 11.4 Å². The average molecular weight is 327 g/mol. The maximum absolute atomic E-state index is 13.1. The van der Waals surface area contributed by atoms with Gasteiger partial charge in [-0.25, -0.2) is 4.39 Å². The van der Waals surface area contributed by atoms with Crippen LogP contribution >= 0.6 is 0 Å². The third-order valence-corrected chi connectivity index (χ3v) is 3.58. The van der Waals surface area contributed by atoms with E-state index in [9.17, 15) is 4.39 Å². The average Bonchev–Trinajstić information content (AvgIpc) is 3.10. The number of hydrogen-bond acceptors (Lipinski definition) is 5. The molecule has 0 saturated carbocycles. The molecule has 0 amide bonds. The van der Waals surface area contributed by atoms with E-state index in [4.69, 9.17) is 9.26 Å². The molecule has 3 aromatic rings. The van der Waals surface area contributed by atoms with Gasteiger partial charge in [-0.3, -0.25) is 4.90 Å². The summed E-state index contributed by atoms with van der Waals surface area (Å²) in [7, 11) is 1.62. The van der Waals surface area contributed by atoms with Gasteiger partial charge < -0.3 is 9.26 Å². The van der Waals surface area contributed by atoms with Gasteiger partial charge in [-0.1, -0.05) is 12.1 Å². The summed E-state index contributed by atoms with van der Waals surface area (Å²) in [5, 5.41) is 4.05. The maximum atomic E-state index is 13.1. The number of rotatable bonds is 6. The van der Waals surface area contributed by atoms with E-state index in [1.54, 1.807) is 19.2 Å². The van der Waals surface area contributed by atoms with E-state index in [1.165, 1.54) is 12.1 Å². The van der Waals surface area contributed by atoms with Crippen LogP contribution in [0.15, 0.2) is 53.1 Å². The lowest BCUT2D eigenvalue weighted by Crippen LogP contribution is -2.18. The Morgan fingerprint density at radius 1 is 1.08 bits per heavy atom. The molecule has 124 valence electrons. The van der Waals surface area contributed by atoms with Gasteiger partial charge in [-0.05, 0) is 55.0 Å². The van der Waals surface area contributed by atoms with Gasteiger partial charge >= 0.3 is 6.01 Å². The third-order valence-electron chi connectivity index (χ3n) is 3.58. The maximum Gasteiger partial charge on any atom is 0.328 e. The molecule has 0 bridgehead atoms. The van der Waals surface area contributed by atoms with Gasteiger partial charge in [-0.2, -0.15) is 4.98 Å². The summed E-state index contributed by atoms with van der Waals surface area (Å²) in [5.74, 6) is 0.983. The molecule has 1 heterocycles. The highest BCUT2D eigenvalue weighted by atomic mass is 19.1. The van der Waals surface area contributed by atoms with E-state index in [0.717, 1.165) is 23.4 Å². The molecular weight excluding hydrogens is 309 g/mol. The molecule has 0 aliphatic heterocycles. The van der Waals surface area contributed by atoms with E-state index in [1.807, 2.05) is 29.2 Å². The van der Waals surface area contributed by atoms with Gasteiger partial charge in [-0.15, -0.1) is 0 Å². The standard InChI is InChI=1S/C18H18FN3O2/c1-3-12-22(15-8-6-14(19)7-9-15)18-20-17(21-24-18)13-4-10-16(23-2)11-5-13/h4-11H,3,12H2,1-2H3. The van der Waals surface area contributed by atoms with Gasteiger partial charge in [0.2, 0.25) is 5.82 Å². The van der Waals surface area contributed by atoms with Crippen LogP contribution in [0.3, 0.4) is 0 Å². The second-order valence-electron chi connectivity index (χ2n) is 5.26. The summed E-state index contributed by atoms with van der Waals surface area (Å²) < 4.78 is 23.7. The van der Waals surface area contributed by atoms with Crippen molar-refractivity contribution in [2.75, 3.05) is 18.6 Å². The summed E-state index contributed by atoms with van der Waals surface area (Å²) in [6.45, 7) is 2.74. The Bertz CT molecular complexity index is 785. The Labute approximate surface area is 139 Å². The molecule has 3 rings (SSSR count). The summed E-state index contributed by atoms with van der Waals surface area (Å²) >= 11 is 0. The van der Waals surface area contributed by atoms with E-state index in [0.29, 0.717) is 18.4 Å². The molecule has 0 aliphatic rings. The van der Waals surface area contributed by atoms with Crippen molar-refractivity contribution in [1.29, 1.82) is 0 Å². The Morgan fingerprint density at radius 2 is 1.79 bits per heavy atom.